The Morgan fingerprint density at radius 3 is 2.83 bits per heavy atom. The molecule has 2 aromatic rings. The molecule has 0 radical (unpaired) electrons. The number of nitrogens with zero attached hydrogens (tertiary/aromatic N) is 2. The van der Waals surface area contributed by atoms with E-state index in [0.29, 0.717) is 5.15 Å². The molecule has 0 saturated heterocycles. The molecule has 6 heteroatoms. The van der Waals surface area contributed by atoms with Gasteiger partial charge in [-0.25, -0.2) is 9.97 Å². The number of rotatable bonds is 4. The van der Waals surface area contributed by atoms with Gasteiger partial charge in [0.2, 0.25) is 0 Å². The van der Waals surface area contributed by atoms with Gasteiger partial charge in [-0.2, -0.15) is 0 Å². The molecule has 1 N–H and O–H groups in total. The fraction of sp³-hybridized carbons (Fsp3) is 0.333. The topological polar surface area (TPSA) is 37.8 Å². The van der Waals surface area contributed by atoms with E-state index in [0.717, 1.165) is 22.4 Å². The molecule has 0 aliphatic rings. The predicted molar refractivity (Wildman–Crippen MR) is 80.5 cm³/mol. The predicted octanol–water partition coefficient (Wildman–Crippen LogP) is 4.69. The normalized spacial score (nSPS) is 10.9. The second-order valence-corrected chi connectivity index (χ2v) is 6.34. The molecule has 0 aromatic carbocycles. The van der Waals surface area contributed by atoms with Crippen molar-refractivity contribution in [3.63, 3.8) is 0 Å². The maximum atomic E-state index is 6.12. The lowest BCUT2D eigenvalue weighted by atomic mass is 10.1. The highest BCUT2D eigenvalue weighted by atomic mass is 79.9. The fourth-order valence-corrected chi connectivity index (χ4v) is 3.43. The molecule has 0 aliphatic heterocycles. The van der Waals surface area contributed by atoms with Gasteiger partial charge in [0.05, 0.1) is 6.54 Å². The van der Waals surface area contributed by atoms with Crippen molar-refractivity contribution in [2.24, 2.45) is 0 Å². The zero-order valence-electron chi connectivity index (χ0n) is 10.1. The molecule has 3 nitrogen and oxygen atoms in total. The number of thiophene rings is 1. The van der Waals surface area contributed by atoms with Gasteiger partial charge < -0.3 is 5.32 Å². The molecular weight excluding hydrogens is 334 g/mol. The van der Waals surface area contributed by atoms with Crippen LogP contribution in [0.2, 0.25) is 5.15 Å². The molecule has 0 unspecified atom stereocenters. The highest BCUT2D eigenvalue weighted by Crippen LogP contribution is 2.29. The quantitative estimate of drug-likeness (QED) is 0.816. The first kappa shape index (κ1) is 13.8. The van der Waals surface area contributed by atoms with Gasteiger partial charge in [0.15, 0.2) is 0 Å². The number of anilines is 1. The van der Waals surface area contributed by atoms with Crippen LogP contribution in [0.3, 0.4) is 0 Å². The Morgan fingerprint density at radius 2 is 2.22 bits per heavy atom. The molecule has 0 amide bonds. The molecule has 96 valence electrons. The van der Waals surface area contributed by atoms with E-state index in [9.17, 15) is 0 Å². The Kier molecular flexibility index (Phi) is 4.59. The molecule has 2 heterocycles. The van der Waals surface area contributed by atoms with Crippen molar-refractivity contribution in [3.05, 3.63) is 37.8 Å². The molecule has 0 spiro atoms. The first-order valence-corrected chi connectivity index (χ1v) is 7.60. The molecule has 0 fully saturated rings. The van der Waals surface area contributed by atoms with Gasteiger partial charge in [0.1, 0.15) is 17.3 Å². The highest BCUT2D eigenvalue weighted by molar-refractivity contribution is 9.10. The number of hydrogen-bond acceptors (Lipinski definition) is 4. The summed E-state index contributed by atoms with van der Waals surface area (Å²) in [6.45, 7) is 4.89. The third kappa shape index (κ3) is 3.02. The van der Waals surface area contributed by atoms with Gasteiger partial charge in [-0.15, -0.1) is 11.3 Å². The second-order valence-electron chi connectivity index (χ2n) is 4.13. The van der Waals surface area contributed by atoms with Gasteiger partial charge in [-0.3, -0.25) is 0 Å². The van der Waals surface area contributed by atoms with E-state index in [1.165, 1.54) is 11.2 Å². The van der Waals surface area contributed by atoms with Crippen molar-refractivity contribution in [1.82, 2.24) is 9.97 Å². The summed E-state index contributed by atoms with van der Waals surface area (Å²) in [6, 6.07) is 2.04. The van der Waals surface area contributed by atoms with Crippen LogP contribution >= 0.6 is 38.9 Å². The lowest BCUT2D eigenvalue weighted by molar-refractivity contribution is 0.845. The van der Waals surface area contributed by atoms with E-state index in [1.807, 2.05) is 6.07 Å². The second kappa shape index (κ2) is 5.99. The number of hydrogen-bond donors (Lipinski definition) is 1. The van der Waals surface area contributed by atoms with Gasteiger partial charge in [-0.05, 0) is 33.3 Å². The molecule has 0 atom stereocenters. The number of halogens is 2. The van der Waals surface area contributed by atoms with Crippen LogP contribution in [-0.4, -0.2) is 9.97 Å². The maximum absolute atomic E-state index is 6.12. The third-order valence-corrected chi connectivity index (χ3v) is 4.75. The van der Waals surface area contributed by atoms with E-state index in [2.05, 4.69) is 50.4 Å². The lowest BCUT2D eigenvalue weighted by Gasteiger charge is -2.13. The molecule has 2 rings (SSSR count). The third-order valence-electron chi connectivity index (χ3n) is 2.52. The number of aromatic nitrogens is 2. The van der Waals surface area contributed by atoms with Crippen LogP contribution in [-0.2, 0) is 6.54 Å². The molecule has 0 bridgehead atoms. The minimum absolute atomic E-state index is 0.285. The molecule has 0 aliphatic carbocycles. The number of nitrogens with one attached hydrogen (secondary N) is 1. The van der Waals surface area contributed by atoms with Crippen molar-refractivity contribution < 1.29 is 0 Å². The summed E-state index contributed by atoms with van der Waals surface area (Å²) in [7, 11) is 0. The average Bonchev–Trinajstić information content (AvgIpc) is 2.71. The average molecular weight is 347 g/mol. The largest absolute Gasteiger partial charge is 0.365 e. The molecular formula is C12H13BrClN3S. The first-order chi connectivity index (χ1) is 8.59. The van der Waals surface area contributed by atoms with Crippen LogP contribution in [0.25, 0.3) is 0 Å². The summed E-state index contributed by atoms with van der Waals surface area (Å²) < 4.78 is 1.12. The van der Waals surface area contributed by atoms with Crippen molar-refractivity contribution in [1.29, 1.82) is 0 Å². The summed E-state index contributed by atoms with van der Waals surface area (Å²) >= 11 is 11.3. The van der Waals surface area contributed by atoms with Crippen LogP contribution in [0.15, 0.2) is 22.2 Å². The molecule has 2 aromatic heterocycles. The summed E-state index contributed by atoms with van der Waals surface area (Å²) in [5, 5.41) is 5.90. The first-order valence-electron chi connectivity index (χ1n) is 5.55. The van der Waals surface area contributed by atoms with E-state index < -0.39 is 0 Å². The Hall–Kier alpha value is -0.650. The van der Waals surface area contributed by atoms with Crippen LogP contribution in [0, 0.1) is 0 Å². The summed E-state index contributed by atoms with van der Waals surface area (Å²) in [5.41, 5.74) is 0.965. The summed E-state index contributed by atoms with van der Waals surface area (Å²) in [4.78, 5) is 9.54. The zero-order chi connectivity index (χ0) is 13.1. The van der Waals surface area contributed by atoms with Crippen molar-refractivity contribution in [3.8, 4) is 0 Å². The van der Waals surface area contributed by atoms with Crippen molar-refractivity contribution in [2.45, 2.75) is 26.3 Å². The van der Waals surface area contributed by atoms with Gasteiger partial charge in [0.25, 0.3) is 0 Å². The maximum Gasteiger partial charge on any atom is 0.138 e. The lowest BCUT2D eigenvalue weighted by Crippen LogP contribution is -2.06. The Morgan fingerprint density at radius 1 is 1.44 bits per heavy atom. The van der Waals surface area contributed by atoms with Crippen LogP contribution in [0.5, 0.6) is 0 Å². The standard InChI is InChI=1S/C12H13BrClN3S/c1-7(2)10-11(14)16-6-17-12(10)15-5-9-8(13)3-4-18-9/h3-4,6-7H,5H2,1-2H3,(H,15,16,17). The zero-order valence-corrected chi connectivity index (χ0v) is 13.2. The Labute approximate surface area is 124 Å². The fourth-order valence-electron chi connectivity index (χ4n) is 1.64. The smallest absolute Gasteiger partial charge is 0.138 e. The van der Waals surface area contributed by atoms with Crippen molar-refractivity contribution >= 4 is 44.7 Å². The molecule has 0 saturated carbocycles. The minimum Gasteiger partial charge on any atom is -0.365 e. The van der Waals surface area contributed by atoms with Gasteiger partial charge in [-0.1, -0.05) is 25.4 Å². The SMILES string of the molecule is CC(C)c1c(Cl)ncnc1NCc1sccc1Br. The summed E-state index contributed by atoms with van der Waals surface area (Å²) in [6.07, 6.45) is 1.49. The molecule has 18 heavy (non-hydrogen) atoms. The Balaban J connectivity index is 2.19. The van der Waals surface area contributed by atoms with Crippen LogP contribution < -0.4 is 5.32 Å². The Bertz CT molecular complexity index is 542. The monoisotopic (exact) mass is 345 g/mol. The van der Waals surface area contributed by atoms with Crippen LogP contribution in [0.1, 0.15) is 30.2 Å². The van der Waals surface area contributed by atoms with E-state index >= 15 is 0 Å². The summed E-state index contributed by atoms with van der Waals surface area (Å²) in [5.74, 6) is 1.10. The highest BCUT2D eigenvalue weighted by Gasteiger charge is 2.13. The van der Waals surface area contributed by atoms with E-state index in [-0.39, 0.29) is 5.92 Å². The van der Waals surface area contributed by atoms with Crippen molar-refractivity contribution in [2.75, 3.05) is 5.32 Å². The van der Waals surface area contributed by atoms with Gasteiger partial charge >= 0.3 is 0 Å². The van der Waals surface area contributed by atoms with E-state index in [4.69, 9.17) is 11.6 Å². The van der Waals surface area contributed by atoms with Gasteiger partial charge in [0, 0.05) is 14.9 Å². The minimum atomic E-state index is 0.285. The van der Waals surface area contributed by atoms with E-state index in [1.54, 1.807) is 11.3 Å². The van der Waals surface area contributed by atoms with Crippen LogP contribution in [0.4, 0.5) is 5.82 Å².